The van der Waals surface area contributed by atoms with Gasteiger partial charge >= 0.3 is 0 Å². The standard InChI is InChI=1S/C11H14N4S/c1-11(2,3)8-7-9(16)15-6-4-5-12-14-10(15)13-8/h4-7H,1-3H3,(H,13,14). The van der Waals surface area contributed by atoms with Crippen molar-refractivity contribution in [2.45, 2.75) is 26.2 Å². The largest absolute Gasteiger partial charge is 0.276 e. The topological polar surface area (TPSA) is 42.2 Å². The van der Waals surface area contributed by atoms with Gasteiger partial charge in [-0.3, -0.25) is 4.57 Å². The molecule has 1 aromatic heterocycles. The van der Waals surface area contributed by atoms with Gasteiger partial charge in [0.2, 0.25) is 5.95 Å². The number of hydrogen-bond acceptors (Lipinski definition) is 4. The van der Waals surface area contributed by atoms with Gasteiger partial charge in [-0.05, 0) is 12.1 Å². The molecule has 2 rings (SSSR count). The second kappa shape index (κ2) is 3.83. The molecular formula is C11H14N4S. The first kappa shape index (κ1) is 11.0. The van der Waals surface area contributed by atoms with Crippen molar-refractivity contribution >= 4 is 30.6 Å². The average molecular weight is 234 g/mol. The molecule has 1 N–H and O–H groups in total. The van der Waals surface area contributed by atoms with Crippen molar-refractivity contribution < 1.29 is 0 Å². The minimum Gasteiger partial charge on any atom is -0.276 e. The minimum atomic E-state index is -0.0233. The molecule has 0 amide bonds. The summed E-state index contributed by atoms with van der Waals surface area (Å²) in [5.74, 6) is 0.655. The van der Waals surface area contributed by atoms with Crippen molar-refractivity contribution in [3.05, 3.63) is 22.5 Å². The molecule has 84 valence electrons. The Morgan fingerprint density at radius 1 is 1.38 bits per heavy atom. The molecule has 1 aliphatic rings. The van der Waals surface area contributed by atoms with Crippen LogP contribution in [-0.2, 0) is 5.41 Å². The average Bonchev–Trinajstić information content (AvgIpc) is 2.41. The molecule has 2 heterocycles. The van der Waals surface area contributed by atoms with E-state index in [-0.39, 0.29) is 5.41 Å². The molecule has 16 heavy (non-hydrogen) atoms. The minimum absolute atomic E-state index is 0.0233. The summed E-state index contributed by atoms with van der Waals surface area (Å²) in [6.07, 6.45) is 5.33. The normalized spacial score (nSPS) is 14.2. The molecule has 0 saturated carbocycles. The lowest BCUT2D eigenvalue weighted by molar-refractivity contribution is 0.566. The molecule has 1 aromatic rings. The predicted molar refractivity (Wildman–Crippen MR) is 69.2 cm³/mol. The zero-order valence-electron chi connectivity index (χ0n) is 9.56. The molecule has 0 radical (unpaired) electrons. The van der Waals surface area contributed by atoms with E-state index in [1.165, 1.54) is 0 Å². The van der Waals surface area contributed by atoms with E-state index >= 15 is 0 Å². The Labute approximate surface area is 99.7 Å². The molecule has 0 bridgehead atoms. The summed E-state index contributed by atoms with van der Waals surface area (Å²) in [6, 6.07) is 1.93. The van der Waals surface area contributed by atoms with E-state index < -0.39 is 0 Å². The molecule has 0 aromatic carbocycles. The number of nitrogens with one attached hydrogen (secondary N) is 1. The van der Waals surface area contributed by atoms with Gasteiger partial charge in [0.05, 0.1) is 5.69 Å². The van der Waals surface area contributed by atoms with Gasteiger partial charge in [0.25, 0.3) is 0 Å². The lowest BCUT2D eigenvalue weighted by atomic mass is 9.92. The lowest BCUT2D eigenvalue weighted by Crippen LogP contribution is -2.16. The first-order valence-corrected chi connectivity index (χ1v) is 5.49. The van der Waals surface area contributed by atoms with E-state index in [0.717, 1.165) is 10.3 Å². The van der Waals surface area contributed by atoms with Gasteiger partial charge in [0.1, 0.15) is 4.64 Å². The van der Waals surface area contributed by atoms with Crippen LogP contribution in [0.2, 0.25) is 0 Å². The number of anilines is 1. The molecule has 0 atom stereocenters. The van der Waals surface area contributed by atoms with Crippen LogP contribution < -0.4 is 5.43 Å². The Morgan fingerprint density at radius 3 is 2.81 bits per heavy atom. The summed E-state index contributed by atoms with van der Waals surface area (Å²) < 4.78 is 2.53. The lowest BCUT2D eigenvalue weighted by Gasteiger charge is -2.19. The van der Waals surface area contributed by atoms with E-state index in [1.54, 1.807) is 10.8 Å². The maximum atomic E-state index is 5.33. The van der Waals surface area contributed by atoms with Crippen molar-refractivity contribution in [1.29, 1.82) is 0 Å². The number of hydrogen-bond donors (Lipinski definition) is 1. The maximum absolute atomic E-state index is 5.33. The zero-order chi connectivity index (χ0) is 11.8. The van der Waals surface area contributed by atoms with Crippen LogP contribution in [-0.4, -0.2) is 15.8 Å². The van der Waals surface area contributed by atoms with Crippen LogP contribution in [0.25, 0.3) is 6.20 Å². The van der Waals surface area contributed by atoms with Gasteiger partial charge < -0.3 is 0 Å². The van der Waals surface area contributed by atoms with E-state index in [4.69, 9.17) is 12.2 Å². The highest BCUT2D eigenvalue weighted by atomic mass is 32.1. The first-order valence-electron chi connectivity index (χ1n) is 5.08. The van der Waals surface area contributed by atoms with Gasteiger partial charge in [-0.1, -0.05) is 33.0 Å². The van der Waals surface area contributed by atoms with Gasteiger partial charge in [-0.2, -0.15) is 5.10 Å². The molecule has 5 heteroatoms. The van der Waals surface area contributed by atoms with Crippen molar-refractivity contribution in [2.75, 3.05) is 5.43 Å². The molecular weight excluding hydrogens is 220 g/mol. The Kier molecular flexibility index (Phi) is 2.63. The van der Waals surface area contributed by atoms with Gasteiger partial charge in [-0.25, -0.2) is 10.4 Å². The Morgan fingerprint density at radius 2 is 2.12 bits per heavy atom. The van der Waals surface area contributed by atoms with Crippen molar-refractivity contribution in [3.63, 3.8) is 0 Å². The van der Waals surface area contributed by atoms with Crippen LogP contribution in [0, 0.1) is 4.64 Å². The van der Waals surface area contributed by atoms with Crippen LogP contribution in [0.4, 0.5) is 5.95 Å². The summed E-state index contributed by atoms with van der Waals surface area (Å²) in [6.45, 7) is 6.32. The highest BCUT2D eigenvalue weighted by molar-refractivity contribution is 7.71. The zero-order valence-corrected chi connectivity index (χ0v) is 10.4. The fraction of sp³-hybridized carbons (Fsp3) is 0.364. The summed E-state index contributed by atoms with van der Waals surface area (Å²) in [4.78, 5) is 4.53. The van der Waals surface area contributed by atoms with E-state index in [9.17, 15) is 0 Å². The van der Waals surface area contributed by atoms with E-state index in [0.29, 0.717) is 5.95 Å². The molecule has 0 spiro atoms. The number of nitrogens with zero attached hydrogens (tertiary/aromatic N) is 3. The van der Waals surface area contributed by atoms with Gasteiger partial charge in [-0.15, -0.1) is 0 Å². The van der Waals surface area contributed by atoms with Crippen LogP contribution >= 0.6 is 12.2 Å². The SMILES string of the molecule is CC(C)(C)c1cc(=S)n2c(n1)NN=CC=C2. The highest BCUT2D eigenvalue weighted by Crippen LogP contribution is 2.22. The monoisotopic (exact) mass is 234 g/mol. The second-order valence-corrected chi connectivity index (χ2v) is 5.07. The molecule has 4 nitrogen and oxygen atoms in total. The molecule has 0 fully saturated rings. The van der Waals surface area contributed by atoms with Crippen LogP contribution in [0.15, 0.2) is 17.2 Å². The Bertz CT molecular complexity index is 520. The summed E-state index contributed by atoms with van der Waals surface area (Å²) in [5.41, 5.74) is 3.81. The summed E-state index contributed by atoms with van der Waals surface area (Å²) >= 11 is 5.33. The predicted octanol–water partition coefficient (Wildman–Crippen LogP) is 2.79. The number of rotatable bonds is 0. The van der Waals surface area contributed by atoms with Gasteiger partial charge in [0, 0.05) is 17.8 Å². The third-order valence-corrected chi connectivity index (χ3v) is 2.60. The fourth-order valence-corrected chi connectivity index (χ4v) is 1.62. The third-order valence-electron chi connectivity index (χ3n) is 2.28. The number of hydrazone groups is 1. The van der Waals surface area contributed by atoms with E-state index in [1.807, 2.05) is 18.3 Å². The van der Waals surface area contributed by atoms with Crippen LogP contribution in [0.5, 0.6) is 0 Å². The number of aromatic nitrogens is 2. The molecule has 0 saturated heterocycles. The highest BCUT2D eigenvalue weighted by Gasteiger charge is 2.17. The third kappa shape index (κ3) is 2.04. The molecule has 0 unspecified atom stereocenters. The molecule has 1 aliphatic heterocycles. The first-order chi connectivity index (χ1) is 7.48. The van der Waals surface area contributed by atoms with Crippen molar-refractivity contribution in [2.24, 2.45) is 5.10 Å². The maximum Gasteiger partial charge on any atom is 0.229 e. The summed E-state index contributed by atoms with van der Waals surface area (Å²) in [7, 11) is 0. The van der Waals surface area contributed by atoms with Crippen LogP contribution in [0.3, 0.4) is 0 Å². The quantitative estimate of drug-likeness (QED) is 0.702. The molecule has 0 aliphatic carbocycles. The number of allylic oxidation sites excluding steroid dienone is 1. The Hall–Kier alpha value is -1.49. The van der Waals surface area contributed by atoms with Crippen molar-refractivity contribution in [1.82, 2.24) is 9.55 Å². The summed E-state index contributed by atoms with van der Waals surface area (Å²) in [5, 5.41) is 3.99. The fourth-order valence-electron chi connectivity index (χ4n) is 1.36. The Balaban J connectivity index is 2.63. The van der Waals surface area contributed by atoms with Gasteiger partial charge in [0.15, 0.2) is 0 Å². The van der Waals surface area contributed by atoms with Crippen LogP contribution in [0.1, 0.15) is 26.5 Å². The van der Waals surface area contributed by atoms with Crippen molar-refractivity contribution in [3.8, 4) is 0 Å². The smallest absolute Gasteiger partial charge is 0.229 e. The second-order valence-electron chi connectivity index (χ2n) is 4.65. The number of fused-ring (bicyclic) bond motifs is 1. The van der Waals surface area contributed by atoms with E-state index in [2.05, 4.69) is 36.3 Å².